The van der Waals surface area contributed by atoms with Crippen molar-refractivity contribution in [2.75, 3.05) is 13.1 Å². The van der Waals surface area contributed by atoms with Crippen molar-refractivity contribution >= 4 is 17.2 Å². The minimum absolute atomic E-state index is 0.220. The van der Waals surface area contributed by atoms with Crippen molar-refractivity contribution in [2.45, 2.75) is 44.4 Å². The standard InChI is InChI=1S/C19H22FN3OS/c20-16-10-4-3-9-15(16)18-22-21-17(25-18)14-8-5-11-23(12-14)19(24)13-6-1-2-7-13/h3-4,9-10,13-14H,1-2,5-8,11-12H2. The van der Waals surface area contributed by atoms with E-state index in [1.54, 1.807) is 12.1 Å². The smallest absolute Gasteiger partial charge is 0.225 e. The van der Waals surface area contributed by atoms with Crippen LogP contribution in [-0.2, 0) is 4.79 Å². The van der Waals surface area contributed by atoms with Crippen molar-refractivity contribution in [3.63, 3.8) is 0 Å². The number of amides is 1. The molecule has 1 saturated heterocycles. The third kappa shape index (κ3) is 3.45. The zero-order valence-electron chi connectivity index (χ0n) is 14.2. The second-order valence-electron chi connectivity index (χ2n) is 7.03. The second kappa shape index (κ2) is 7.20. The van der Waals surface area contributed by atoms with Crippen molar-refractivity contribution in [3.8, 4) is 10.6 Å². The van der Waals surface area contributed by atoms with Crippen molar-refractivity contribution < 1.29 is 9.18 Å². The minimum atomic E-state index is -0.271. The molecule has 0 radical (unpaired) electrons. The van der Waals surface area contributed by atoms with Gasteiger partial charge in [0.2, 0.25) is 5.91 Å². The number of rotatable bonds is 3. The maximum atomic E-state index is 14.0. The van der Waals surface area contributed by atoms with Gasteiger partial charge < -0.3 is 4.90 Å². The summed E-state index contributed by atoms with van der Waals surface area (Å²) in [6.07, 6.45) is 6.44. The summed E-state index contributed by atoms with van der Waals surface area (Å²) in [7, 11) is 0. The Morgan fingerprint density at radius 3 is 2.72 bits per heavy atom. The summed E-state index contributed by atoms with van der Waals surface area (Å²) in [5, 5.41) is 10.0. The van der Waals surface area contributed by atoms with Crippen LogP contribution < -0.4 is 0 Å². The molecular weight excluding hydrogens is 337 g/mol. The molecule has 0 N–H and O–H groups in total. The van der Waals surface area contributed by atoms with Crippen LogP contribution in [0.3, 0.4) is 0 Å². The average molecular weight is 359 g/mol. The van der Waals surface area contributed by atoms with E-state index in [-0.39, 0.29) is 17.7 Å². The summed E-state index contributed by atoms with van der Waals surface area (Å²) in [6, 6.07) is 6.66. The summed E-state index contributed by atoms with van der Waals surface area (Å²) < 4.78 is 14.0. The molecule has 1 amide bonds. The van der Waals surface area contributed by atoms with Gasteiger partial charge in [0, 0.05) is 30.5 Å². The summed E-state index contributed by atoms with van der Waals surface area (Å²) >= 11 is 1.45. The van der Waals surface area contributed by atoms with E-state index in [1.165, 1.54) is 30.2 Å². The van der Waals surface area contributed by atoms with E-state index in [4.69, 9.17) is 0 Å². The van der Waals surface area contributed by atoms with Gasteiger partial charge in [-0.1, -0.05) is 36.3 Å². The minimum Gasteiger partial charge on any atom is -0.342 e. The number of carbonyl (C=O) groups excluding carboxylic acids is 1. The van der Waals surface area contributed by atoms with Crippen LogP contribution in [0.4, 0.5) is 4.39 Å². The SMILES string of the molecule is O=C(C1CCCC1)N1CCCC(c2nnc(-c3ccccc3F)s2)C1. The zero-order chi connectivity index (χ0) is 17.2. The van der Waals surface area contributed by atoms with E-state index in [0.29, 0.717) is 16.5 Å². The molecule has 1 aromatic heterocycles. The highest BCUT2D eigenvalue weighted by atomic mass is 32.1. The molecule has 2 aliphatic rings. The van der Waals surface area contributed by atoms with Crippen LogP contribution in [0.25, 0.3) is 10.6 Å². The third-order valence-electron chi connectivity index (χ3n) is 5.33. The van der Waals surface area contributed by atoms with Gasteiger partial charge in [0.1, 0.15) is 10.8 Å². The number of piperidine rings is 1. The van der Waals surface area contributed by atoms with Crippen LogP contribution in [0.5, 0.6) is 0 Å². The predicted octanol–water partition coefficient (Wildman–Crippen LogP) is 4.24. The molecule has 1 aromatic carbocycles. The third-order valence-corrected chi connectivity index (χ3v) is 6.45. The maximum absolute atomic E-state index is 14.0. The fourth-order valence-electron chi connectivity index (χ4n) is 3.95. The predicted molar refractivity (Wildman–Crippen MR) is 95.8 cm³/mol. The number of aromatic nitrogens is 2. The largest absolute Gasteiger partial charge is 0.342 e. The molecule has 25 heavy (non-hydrogen) atoms. The Kier molecular flexibility index (Phi) is 4.79. The summed E-state index contributed by atoms with van der Waals surface area (Å²) in [4.78, 5) is 14.7. The van der Waals surface area contributed by atoms with E-state index < -0.39 is 0 Å². The lowest BCUT2D eigenvalue weighted by Crippen LogP contribution is -2.41. The Balaban J connectivity index is 1.48. The summed E-state index contributed by atoms with van der Waals surface area (Å²) in [6.45, 7) is 1.58. The van der Waals surface area contributed by atoms with Crippen LogP contribution in [0.15, 0.2) is 24.3 Å². The van der Waals surface area contributed by atoms with Crippen molar-refractivity contribution in [1.29, 1.82) is 0 Å². The van der Waals surface area contributed by atoms with Gasteiger partial charge in [0.05, 0.1) is 0 Å². The fourth-order valence-corrected chi connectivity index (χ4v) is 4.95. The van der Waals surface area contributed by atoms with Crippen LogP contribution >= 0.6 is 11.3 Å². The first-order chi connectivity index (χ1) is 12.2. The van der Waals surface area contributed by atoms with E-state index in [2.05, 4.69) is 10.2 Å². The quantitative estimate of drug-likeness (QED) is 0.823. The number of likely N-dealkylation sites (tertiary alicyclic amines) is 1. The molecule has 132 valence electrons. The van der Waals surface area contributed by atoms with Gasteiger partial charge in [0.25, 0.3) is 0 Å². The Bertz CT molecular complexity index is 757. The Labute approximate surface area is 151 Å². The highest BCUT2D eigenvalue weighted by molar-refractivity contribution is 7.14. The molecule has 1 atom stereocenters. The highest BCUT2D eigenvalue weighted by Crippen LogP contribution is 2.35. The number of hydrogen-bond acceptors (Lipinski definition) is 4. The van der Waals surface area contributed by atoms with Gasteiger partial charge in [0.15, 0.2) is 5.01 Å². The molecule has 2 aromatic rings. The maximum Gasteiger partial charge on any atom is 0.225 e. The van der Waals surface area contributed by atoms with Gasteiger partial charge in [-0.2, -0.15) is 0 Å². The van der Waals surface area contributed by atoms with Gasteiger partial charge in [-0.15, -0.1) is 10.2 Å². The molecule has 6 heteroatoms. The molecule has 0 bridgehead atoms. The normalized spacial score (nSPS) is 21.6. The summed E-state index contributed by atoms with van der Waals surface area (Å²) in [5.41, 5.74) is 0.501. The number of nitrogens with zero attached hydrogens (tertiary/aromatic N) is 3. The van der Waals surface area contributed by atoms with Gasteiger partial charge in [-0.25, -0.2) is 4.39 Å². The van der Waals surface area contributed by atoms with Gasteiger partial charge in [-0.05, 0) is 37.8 Å². The van der Waals surface area contributed by atoms with E-state index in [1.807, 2.05) is 11.0 Å². The van der Waals surface area contributed by atoms with Gasteiger partial charge >= 0.3 is 0 Å². The van der Waals surface area contributed by atoms with Crippen LogP contribution in [-0.4, -0.2) is 34.1 Å². The number of carbonyl (C=O) groups is 1. The van der Waals surface area contributed by atoms with E-state index in [9.17, 15) is 9.18 Å². The second-order valence-corrected chi connectivity index (χ2v) is 8.04. The van der Waals surface area contributed by atoms with Crippen LogP contribution in [0.2, 0.25) is 0 Å². The van der Waals surface area contributed by atoms with E-state index in [0.717, 1.165) is 43.8 Å². The Morgan fingerprint density at radius 1 is 1.12 bits per heavy atom. The molecule has 4 rings (SSSR count). The lowest BCUT2D eigenvalue weighted by atomic mass is 9.96. The first kappa shape index (κ1) is 16.6. The van der Waals surface area contributed by atoms with Crippen LogP contribution in [0.1, 0.15) is 49.5 Å². The number of hydrogen-bond donors (Lipinski definition) is 0. The summed E-state index contributed by atoms with van der Waals surface area (Å²) in [5.74, 6) is 0.493. The zero-order valence-corrected chi connectivity index (χ0v) is 15.0. The Hall–Kier alpha value is -1.82. The van der Waals surface area contributed by atoms with Gasteiger partial charge in [-0.3, -0.25) is 4.79 Å². The first-order valence-corrected chi connectivity index (χ1v) is 9.91. The number of halogens is 1. The molecule has 1 aliphatic heterocycles. The topological polar surface area (TPSA) is 46.1 Å². The lowest BCUT2D eigenvalue weighted by Gasteiger charge is -2.33. The van der Waals surface area contributed by atoms with Crippen molar-refractivity contribution in [1.82, 2.24) is 15.1 Å². The monoisotopic (exact) mass is 359 g/mol. The molecule has 2 fully saturated rings. The molecule has 0 spiro atoms. The number of benzene rings is 1. The van der Waals surface area contributed by atoms with Crippen molar-refractivity contribution in [3.05, 3.63) is 35.1 Å². The molecule has 1 unspecified atom stereocenters. The average Bonchev–Trinajstić information content (AvgIpc) is 3.34. The highest BCUT2D eigenvalue weighted by Gasteiger charge is 2.32. The fraction of sp³-hybridized carbons (Fsp3) is 0.526. The molecule has 1 saturated carbocycles. The van der Waals surface area contributed by atoms with Crippen LogP contribution in [0, 0.1) is 11.7 Å². The van der Waals surface area contributed by atoms with E-state index >= 15 is 0 Å². The molecule has 2 heterocycles. The van der Waals surface area contributed by atoms with Crippen molar-refractivity contribution in [2.24, 2.45) is 5.92 Å². The lowest BCUT2D eigenvalue weighted by molar-refractivity contribution is -0.136. The molecule has 4 nitrogen and oxygen atoms in total. The first-order valence-electron chi connectivity index (χ1n) is 9.09. The molecular formula is C19H22FN3OS. The molecule has 1 aliphatic carbocycles. The Morgan fingerprint density at radius 2 is 1.92 bits per heavy atom.